The van der Waals surface area contributed by atoms with E-state index in [4.69, 9.17) is 4.74 Å². The van der Waals surface area contributed by atoms with Gasteiger partial charge in [-0.25, -0.2) is 12.8 Å². The van der Waals surface area contributed by atoms with Crippen LogP contribution >= 0.6 is 0 Å². The fourth-order valence-electron chi connectivity index (χ4n) is 3.11. The molecule has 2 aliphatic rings. The first kappa shape index (κ1) is 15.9. The van der Waals surface area contributed by atoms with E-state index in [-0.39, 0.29) is 4.90 Å². The zero-order valence-corrected chi connectivity index (χ0v) is 13.5. The number of sulfonamides is 1. The van der Waals surface area contributed by atoms with Crippen LogP contribution in [0, 0.1) is 12.7 Å². The van der Waals surface area contributed by atoms with Crippen molar-refractivity contribution in [2.24, 2.45) is 0 Å². The molecule has 0 saturated carbocycles. The van der Waals surface area contributed by atoms with Crippen LogP contribution in [0.25, 0.3) is 0 Å². The number of halogens is 1. The van der Waals surface area contributed by atoms with Gasteiger partial charge in [0.15, 0.2) is 0 Å². The summed E-state index contributed by atoms with van der Waals surface area (Å²) in [5.41, 5.74) is 0.577. The van der Waals surface area contributed by atoms with Gasteiger partial charge in [0.1, 0.15) is 5.82 Å². The SMILES string of the molecule is Cc1ccc(F)cc1S(=O)(=O)N1CCN(C2CCOC2)CC1. The van der Waals surface area contributed by atoms with E-state index in [0.717, 1.165) is 25.7 Å². The average Bonchev–Trinajstić information content (AvgIpc) is 3.04. The van der Waals surface area contributed by atoms with Crippen molar-refractivity contribution < 1.29 is 17.5 Å². The smallest absolute Gasteiger partial charge is 0.243 e. The Hall–Kier alpha value is -1.02. The number of hydrogen-bond donors (Lipinski definition) is 0. The Labute approximate surface area is 130 Å². The Morgan fingerprint density at radius 3 is 2.59 bits per heavy atom. The van der Waals surface area contributed by atoms with E-state index in [1.807, 2.05) is 0 Å². The molecule has 1 atom stereocenters. The average molecular weight is 328 g/mol. The maximum Gasteiger partial charge on any atom is 0.243 e. The number of rotatable bonds is 3. The van der Waals surface area contributed by atoms with Gasteiger partial charge in [-0.2, -0.15) is 4.31 Å². The minimum absolute atomic E-state index is 0.0742. The maximum absolute atomic E-state index is 13.4. The Morgan fingerprint density at radius 1 is 1.23 bits per heavy atom. The van der Waals surface area contributed by atoms with Gasteiger partial charge in [-0.3, -0.25) is 4.90 Å². The van der Waals surface area contributed by atoms with Gasteiger partial charge in [0.05, 0.1) is 11.5 Å². The van der Waals surface area contributed by atoms with Crippen LogP contribution in [0.3, 0.4) is 0 Å². The molecule has 2 aliphatic heterocycles. The van der Waals surface area contributed by atoms with Crippen LogP contribution < -0.4 is 0 Å². The monoisotopic (exact) mass is 328 g/mol. The molecular formula is C15H21FN2O3S. The summed E-state index contributed by atoms with van der Waals surface area (Å²) in [5.74, 6) is -0.522. The van der Waals surface area contributed by atoms with Crippen LogP contribution in [-0.2, 0) is 14.8 Å². The van der Waals surface area contributed by atoms with Crippen molar-refractivity contribution in [2.75, 3.05) is 39.4 Å². The Kier molecular flexibility index (Phi) is 4.49. The van der Waals surface area contributed by atoms with Crippen molar-refractivity contribution in [1.29, 1.82) is 0 Å². The summed E-state index contributed by atoms with van der Waals surface area (Å²) in [7, 11) is -3.63. The molecule has 3 rings (SSSR count). The van der Waals surface area contributed by atoms with Crippen molar-refractivity contribution in [3.63, 3.8) is 0 Å². The quantitative estimate of drug-likeness (QED) is 0.837. The number of ether oxygens (including phenoxy) is 1. The van der Waals surface area contributed by atoms with Gasteiger partial charge < -0.3 is 4.74 Å². The zero-order chi connectivity index (χ0) is 15.7. The van der Waals surface area contributed by atoms with Crippen molar-refractivity contribution in [3.05, 3.63) is 29.6 Å². The molecule has 0 amide bonds. The van der Waals surface area contributed by atoms with Gasteiger partial charge in [0.25, 0.3) is 0 Å². The second kappa shape index (κ2) is 6.23. The molecule has 0 N–H and O–H groups in total. The second-order valence-corrected chi connectivity index (χ2v) is 7.77. The molecule has 5 nitrogen and oxygen atoms in total. The number of nitrogens with zero attached hydrogens (tertiary/aromatic N) is 2. The Balaban J connectivity index is 1.73. The molecule has 1 aromatic rings. The third kappa shape index (κ3) is 3.03. The molecule has 2 fully saturated rings. The summed E-state index contributed by atoms with van der Waals surface area (Å²) in [4.78, 5) is 2.36. The highest BCUT2D eigenvalue weighted by Crippen LogP contribution is 2.23. The zero-order valence-electron chi connectivity index (χ0n) is 12.7. The molecule has 0 spiro atoms. The van der Waals surface area contributed by atoms with Crippen molar-refractivity contribution in [3.8, 4) is 0 Å². The van der Waals surface area contributed by atoms with Gasteiger partial charge in [0, 0.05) is 38.8 Å². The van der Waals surface area contributed by atoms with E-state index in [1.165, 1.54) is 16.4 Å². The molecule has 2 heterocycles. The highest BCUT2D eigenvalue weighted by molar-refractivity contribution is 7.89. The number of aryl methyl sites for hydroxylation is 1. The molecule has 0 bridgehead atoms. The molecule has 122 valence electrons. The van der Waals surface area contributed by atoms with E-state index >= 15 is 0 Å². The van der Waals surface area contributed by atoms with Crippen LogP contribution in [0.15, 0.2) is 23.1 Å². The largest absolute Gasteiger partial charge is 0.380 e. The van der Waals surface area contributed by atoms with E-state index in [1.54, 1.807) is 6.92 Å². The van der Waals surface area contributed by atoms with Gasteiger partial charge >= 0.3 is 0 Å². The summed E-state index contributed by atoms with van der Waals surface area (Å²) in [6.45, 7) is 5.48. The Morgan fingerprint density at radius 2 is 1.95 bits per heavy atom. The summed E-state index contributed by atoms with van der Waals surface area (Å²) >= 11 is 0. The van der Waals surface area contributed by atoms with E-state index in [9.17, 15) is 12.8 Å². The highest BCUT2D eigenvalue weighted by atomic mass is 32.2. The molecule has 22 heavy (non-hydrogen) atoms. The molecular weight excluding hydrogens is 307 g/mol. The van der Waals surface area contributed by atoms with Crippen LogP contribution in [0.5, 0.6) is 0 Å². The van der Waals surface area contributed by atoms with E-state index in [2.05, 4.69) is 4.90 Å². The predicted molar refractivity (Wildman–Crippen MR) is 80.7 cm³/mol. The van der Waals surface area contributed by atoms with Crippen molar-refractivity contribution in [1.82, 2.24) is 9.21 Å². The Bertz CT molecular complexity index is 636. The fraction of sp³-hybridized carbons (Fsp3) is 0.600. The standard InChI is InChI=1S/C15H21FN2O3S/c1-12-2-3-13(16)10-15(12)22(19,20)18-7-5-17(6-8-18)14-4-9-21-11-14/h2-3,10,14H,4-9,11H2,1H3. The molecule has 0 aliphatic carbocycles. The second-order valence-electron chi connectivity index (χ2n) is 5.87. The fourth-order valence-corrected chi connectivity index (χ4v) is 4.77. The third-order valence-electron chi connectivity index (χ3n) is 4.46. The number of piperazine rings is 1. The molecule has 2 saturated heterocycles. The van der Waals surface area contributed by atoms with Gasteiger partial charge in [0.2, 0.25) is 10.0 Å². The van der Waals surface area contributed by atoms with Crippen LogP contribution in [0.4, 0.5) is 4.39 Å². The van der Waals surface area contributed by atoms with E-state index in [0.29, 0.717) is 37.8 Å². The van der Waals surface area contributed by atoms with E-state index < -0.39 is 15.8 Å². The molecule has 0 radical (unpaired) electrons. The van der Waals surface area contributed by atoms with Crippen molar-refractivity contribution in [2.45, 2.75) is 24.3 Å². The minimum Gasteiger partial charge on any atom is -0.380 e. The summed E-state index contributed by atoms with van der Waals surface area (Å²) < 4.78 is 45.7. The topological polar surface area (TPSA) is 49.9 Å². The summed E-state index contributed by atoms with van der Waals surface area (Å²) in [6.07, 6.45) is 1.01. The summed E-state index contributed by atoms with van der Waals surface area (Å²) in [6, 6.07) is 4.31. The first-order valence-electron chi connectivity index (χ1n) is 7.56. The lowest BCUT2D eigenvalue weighted by atomic mass is 10.2. The molecule has 7 heteroatoms. The predicted octanol–water partition coefficient (Wildman–Crippen LogP) is 1.23. The molecule has 1 unspecified atom stereocenters. The first-order chi connectivity index (χ1) is 10.5. The molecule has 1 aromatic carbocycles. The van der Waals surface area contributed by atoms with Gasteiger partial charge in [-0.05, 0) is 31.0 Å². The minimum atomic E-state index is -3.63. The maximum atomic E-state index is 13.4. The highest BCUT2D eigenvalue weighted by Gasteiger charge is 2.33. The number of hydrogen-bond acceptors (Lipinski definition) is 4. The lowest BCUT2D eigenvalue weighted by Crippen LogP contribution is -2.52. The van der Waals surface area contributed by atoms with Gasteiger partial charge in [-0.15, -0.1) is 0 Å². The normalized spacial score (nSPS) is 24.7. The van der Waals surface area contributed by atoms with Crippen LogP contribution in [-0.4, -0.2) is 63.1 Å². The van der Waals surface area contributed by atoms with Crippen LogP contribution in [0.1, 0.15) is 12.0 Å². The van der Waals surface area contributed by atoms with Crippen LogP contribution in [0.2, 0.25) is 0 Å². The number of benzene rings is 1. The lowest BCUT2D eigenvalue weighted by Gasteiger charge is -2.37. The van der Waals surface area contributed by atoms with Crippen molar-refractivity contribution >= 4 is 10.0 Å². The first-order valence-corrected chi connectivity index (χ1v) is 9.00. The van der Waals surface area contributed by atoms with Gasteiger partial charge in [-0.1, -0.05) is 6.07 Å². The third-order valence-corrected chi connectivity index (χ3v) is 6.50. The lowest BCUT2D eigenvalue weighted by molar-refractivity contribution is 0.113. The molecule has 0 aromatic heterocycles. The summed E-state index contributed by atoms with van der Waals surface area (Å²) in [5, 5.41) is 0.